The molecule has 2 aromatic rings. The molecule has 3 unspecified atom stereocenters. The average molecular weight is 464 g/mol. The van der Waals surface area contributed by atoms with Crippen molar-refractivity contribution in [3.8, 4) is 23.6 Å². The van der Waals surface area contributed by atoms with Crippen molar-refractivity contribution >= 4 is 11.7 Å². The van der Waals surface area contributed by atoms with Crippen molar-refractivity contribution in [2.24, 2.45) is 5.41 Å². The summed E-state index contributed by atoms with van der Waals surface area (Å²) in [5.74, 6) is -1.94. The maximum Gasteiger partial charge on any atom is 0.345 e. The van der Waals surface area contributed by atoms with Crippen molar-refractivity contribution in [2.45, 2.75) is 44.2 Å². The number of aromatic carboxylic acids is 1. The van der Waals surface area contributed by atoms with Crippen molar-refractivity contribution in [1.82, 2.24) is 10.3 Å². The predicted molar refractivity (Wildman–Crippen MR) is 133 cm³/mol. The van der Waals surface area contributed by atoms with E-state index >= 15 is 0 Å². The summed E-state index contributed by atoms with van der Waals surface area (Å²) in [7, 11) is 1.97. The minimum Gasteiger partial charge on any atom is -0.506 e. The number of carbonyl (C=O) groups is 1. The third-order valence-corrected chi connectivity index (χ3v) is 7.81. The Morgan fingerprint density at radius 3 is 2.65 bits per heavy atom. The van der Waals surface area contributed by atoms with Gasteiger partial charge in [-0.25, -0.2) is 4.79 Å². The van der Waals surface area contributed by atoms with Crippen LogP contribution in [0.25, 0.3) is 16.1 Å². The van der Waals surface area contributed by atoms with Crippen LogP contribution in [0.2, 0.25) is 0 Å². The smallest absolute Gasteiger partial charge is 0.345 e. The zero-order chi connectivity index (χ0) is 24.7. The third kappa shape index (κ3) is 3.31. The fourth-order valence-corrected chi connectivity index (χ4v) is 6.05. The second-order valence-electron chi connectivity index (χ2n) is 9.23. The summed E-state index contributed by atoms with van der Waals surface area (Å²) in [6.07, 6.45) is 5.36. The van der Waals surface area contributed by atoms with Gasteiger partial charge in [-0.2, -0.15) is 0 Å². The highest BCUT2D eigenvalue weighted by Gasteiger charge is 2.69. The van der Waals surface area contributed by atoms with Gasteiger partial charge in [-0.3, -0.25) is 4.79 Å². The van der Waals surface area contributed by atoms with E-state index in [4.69, 9.17) is 6.57 Å². The number of aromatic nitrogens is 1. The molecule has 1 aliphatic carbocycles. The quantitative estimate of drug-likeness (QED) is 0.489. The third-order valence-electron chi connectivity index (χ3n) is 7.81. The Labute approximate surface area is 198 Å². The fraction of sp³-hybridized carbons (Fsp3) is 0.423. The second kappa shape index (κ2) is 8.65. The molecule has 34 heavy (non-hydrogen) atoms. The number of benzene rings is 1. The van der Waals surface area contributed by atoms with E-state index in [2.05, 4.69) is 26.6 Å². The summed E-state index contributed by atoms with van der Waals surface area (Å²) in [6.45, 7) is 13.4. The molecule has 8 heteroatoms. The summed E-state index contributed by atoms with van der Waals surface area (Å²) in [5, 5.41) is 23.2. The molecule has 2 aliphatic rings. The molecular formula is C26H31N4O4+. The van der Waals surface area contributed by atoms with Gasteiger partial charge in [0.1, 0.15) is 17.7 Å². The van der Waals surface area contributed by atoms with Gasteiger partial charge in [0.05, 0.1) is 5.69 Å². The minimum absolute atomic E-state index is 0.225. The molecular weight excluding hydrogens is 432 g/mol. The number of rotatable bonds is 6. The first kappa shape index (κ1) is 23.6. The number of pyridine rings is 1. The molecule has 0 amide bonds. The minimum atomic E-state index is -1.46. The summed E-state index contributed by atoms with van der Waals surface area (Å²) >= 11 is 0. The number of carboxylic acids is 1. The molecule has 178 valence electrons. The van der Waals surface area contributed by atoms with Gasteiger partial charge in [-0.1, -0.05) is 30.0 Å². The second-order valence-corrected chi connectivity index (χ2v) is 9.23. The maximum absolute atomic E-state index is 12.3. The number of aromatic hydroxyl groups is 1. The van der Waals surface area contributed by atoms with Crippen LogP contribution in [0.4, 0.5) is 5.69 Å². The first-order valence-corrected chi connectivity index (χ1v) is 11.6. The highest BCUT2D eigenvalue weighted by molar-refractivity contribution is 5.92. The number of carboxylic acid groups (broad SMARTS) is 1. The Balaban J connectivity index is 1.71. The van der Waals surface area contributed by atoms with E-state index in [1.807, 2.05) is 37.4 Å². The van der Waals surface area contributed by atoms with E-state index in [9.17, 15) is 19.8 Å². The zero-order valence-corrected chi connectivity index (χ0v) is 19.6. The topological polar surface area (TPSA) is 110 Å². The number of hydrogen-bond acceptors (Lipinski definition) is 5. The molecule has 1 aromatic heterocycles. The number of hydrogen-bond donors (Lipinski definition) is 4. The Morgan fingerprint density at radius 1 is 1.38 bits per heavy atom. The number of fused-ring (bicyclic) bond motifs is 1. The van der Waals surface area contributed by atoms with E-state index in [0.29, 0.717) is 29.8 Å². The van der Waals surface area contributed by atoms with Crippen molar-refractivity contribution in [1.29, 1.82) is 0 Å². The first-order valence-electron chi connectivity index (χ1n) is 11.6. The summed E-state index contributed by atoms with van der Waals surface area (Å²) in [5.41, 5.74) is 0.313. The average Bonchev–Trinajstić information content (AvgIpc) is 3.19. The van der Waals surface area contributed by atoms with E-state index in [1.54, 1.807) is 6.92 Å². The molecule has 1 saturated heterocycles. The highest BCUT2D eigenvalue weighted by Crippen LogP contribution is 2.53. The number of aromatic amines is 1. The van der Waals surface area contributed by atoms with Crippen LogP contribution in [0.15, 0.2) is 41.7 Å². The SMILES string of the molecule is C#[N+]C12CCCC(NC)C1(C=C)CN(c1ccc(-c3[nH]c(=O)c(C(=O)O)c(O)c3CC)cc1)C2. The lowest BCUT2D eigenvalue weighted by atomic mass is 9.60. The lowest BCUT2D eigenvalue weighted by Gasteiger charge is -2.42. The number of H-pyrrole nitrogens is 1. The Morgan fingerprint density at radius 2 is 2.09 bits per heavy atom. The van der Waals surface area contributed by atoms with Gasteiger partial charge in [-0.15, -0.1) is 6.58 Å². The Hall–Kier alpha value is -3.57. The predicted octanol–water partition coefficient (Wildman–Crippen LogP) is 3.47. The normalized spacial score (nSPS) is 26.0. The van der Waals surface area contributed by atoms with Crippen LogP contribution >= 0.6 is 0 Å². The molecule has 0 radical (unpaired) electrons. The van der Waals surface area contributed by atoms with Crippen LogP contribution in [-0.4, -0.2) is 52.9 Å². The van der Waals surface area contributed by atoms with Crippen LogP contribution in [-0.2, 0) is 6.42 Å². The molecule has 1 saturated carbocycles. The van der Waals surface area contributed by atoms with Crippen LogP contribution in [0.3, 0.4) is 0 Å². The van der Waals surface area contributed by atoms with Crippen molar-refractivity contribution in [3.63, 3.8) is 0 Å². The fourth-order valence-electron chi connectivity index (χ4n) is 6.05. The van der Waals surface area contributed by atoms with E-state index < -0.39 is 28.4 Å². The highest BCUT2D eigenvalue weighted by atomic mass is 16.4. The number of anilines is 1. The molecule has 1 aromatic carbocycles. The number of nitrogens with one attached hydrogen (secondary N) is 2. The standard InChI is InChI=1S/C26H30N4O4/c1-5-18-21(29-23(32)20(22(18)31)24(33)34)16-9-11-17(12-10-16)30-14-25(6-2)19(27-3)8-7-13-26(25,15-30)28-4/h4,6,9-12,19,27H,2,5,7-8,13-15H2,1,3H3,(H2-,29,31,32,33,34)/p+1. The van der Waals surface area contributed by atoms with Crippen molar-refractivity contribution in [2.75, 3.05) is 25.0 Å². The molecule has 8 nitrogen and oxygen atoms in total. The van der Waals surface area contributed by atoms with Gasteiger partial charge in [-0.05, 0) is 44.0 Å². The molecule has 2 heterocycles. The lowest BCUT2D eigenvalue weighted by molar-refractivity contribution is 0.0691. The van der Waals surface area contributed by atoms with Gasteiger partial charge in [0.15, 0.2) is 5.56 Å². The summed E-state index contributed by atoms with van der Waals surface area (Å²) in [4.78, 5) is 33.0. The summed E-state index contributed by atoms with van der Waals surface area (Å²) < 4.78 is 0. The van der Waals surface area contributed by atoms with Crippen molar-refractivity contribution in [3.05, 3.63) is 63.2 Å². The zero-order valence-electron chi connectivity index (χ0n) is 19.6. The van der Waals surface area contributed by atoms with Crippen LogP contribution in [0.1, 0.15) is 42.1 Å². The van der Waals surface area contributed by atoms with E-state index in [-0.39, 0.29) is 11.5 Å². The monoisotopic (exact) mass is 463 g/mol. The molecule has 0 spiro atoms. The van der Waals surface area contributed by atoms with E-state index in [1.165, 1.54) is 0 Å². The largest absolute Gasteiger partial charge is 0.506 e. The Kier molecular flexibility index (Phi) is 6.00. The van der Waals surface area contributed by atoms with Crippen LogP contribution < -0.4 is 15.8 Å². The molecule has 2 fully saturated rings. The van der Waals surface area contributed by atoms with Gasteiger partial charge < -0.3 is 25.4 Å². The molecule has 0 bridgehead atoms. The Bertz CT molecular complexity index is 1230. The van der Waals surface area contributed by atoms with Crippen molar-refractivity contribution < 1.29 is 15.0 Å². The molecule has 3 atom stereocenters. The lowest BCUT2D eigenvalue weighted by Crippen LogP contribution is -2.58. The van der Waals surface area contributed by atoms with Gasteiger partial charge >= 0.3 is 11.5 Å². The van der Waals surface area contributed by atoms with Crippen LogP contribution in [0, 0.1) is 12.0 Å². The van der Waals surface area contributed by atoms with E-state index in [0.717, 1.165) is 31.5 Å². The first-order chi connectivity index (χ1) is 16.3. The van der Waals surface area contributed by atoms with Gasteiger partial charge in [0.25, 0.3) is 12.1 Å². The summed E-state index contributed by atoms with van der Waals surface area (Å²) in [6, 6.07) is 7.88. The molecule has 4 N–H and O–H groups in total. The van der Waals surface area contributed by atoms with Gasteiger partial charge in [0.2, 0.25) is 0 Å². The molecule has 4 rings (SSSR count). The van der Waals surface area contributed by atoms with Crippen LogP contribution in [0.5, 0.6) is 5.75 Å². The maximum atomic E-state index is 12.3. The molecule has 1 aliphatic heterocycles. The van der Waals surface area contributed by atoms with Gasteiger partial charge in [0, 0.05) is 30.3 Å². The number of nitrogens with zero attached hydrogens (tertiary/aromatic N) is 2.